The molecule has 0 amide bonds. The van der Waals surface area contributed by atoms with E-state index in [2.05, 4.69) is 10.3 Å². The summed E-state index contributed by atoms with van der Waals surface area (Å²) in [6.07, 6.45) is 1.84. The van der Waals surface area contributed by atoms with E-state index < -0.39 is 5.41 Å². The Morgan fingerprint density at radius 1 is 1.47 bits per heavy atom. The van der Waals surface area contributed by atoms with E-state index in [9.17, 15) is 4.79 Å². The van der Waals surface area contributed by atoms with Crippen LogP contribution in [0.1, 0.15) is 25.1 Å². The zero-order chi connectivity index (χ0) is 12.9. The molecule has 0 saturated carbocycles. The number of aromatic nitrogens is 1. The first-order valence-electron chi connectivity index (χ1n) is 5.66. The number of ether oxygens (including phenoxy) is 1. The van der Waals surface area contributed by atoms with Crippen LogP contribution in [-0.2, 0) is 16.1 Å². The lowest BCUT2D eigenvalue weighted by molar-refractivity contribution is -0.150. The van der Waals surface area contributed by atoms with Gasteiger partial charge in [0.25, 0.3) is 0 Å². The molecule has 1 N–H and O–H groups in total. The zero-order valence-corrected chi connectivity index (χ0v) is 10.9. The number of methoxy groups -OCH3 is 1. The number of hydrogen-bond donors (Lipinski definition) is 1. The molecular weight excluding hydrogens is 216 g/mol. The van der Waals surface area contributed by atoms with Crippen molar-refractivity contribution < 1.29 is 9.53 Å². The molecule has 0 atom stereocenters. The predicted octanol–water partition coefficient (Wildman–Crippen LogP) is 1.68. The molecule has 17 heavy (non-hydrogen) atoms. The van der Waals surface area contributed by atoms with Gasteiger partial charge in [0.2, 0.25) is 0 Å². The molecule has 0 aliphatic heterocycles. The smallest absolute Gasteiger partial charge is 0.312 e. The molecule has 0 aliphatic carbocycles. The van der Waals surface area contributed by atoms with Crippen LogP contribution >= 0.6 is 0 Å². The minimum Gasteiger partial charge on any atom is -0.469 e. The molecule has 4 heteroatoms. The number of carbonyl (C=O) groups excluding carboxylic acids is 1. The van der Waals surface area contributed by atoms with E-state index in [1.54, 1.807) is 0 Å². The molecular formula is C13H20N2O2. The van der Waals surface area contributed by atoms with E-state index in [4.69, 9.17) is 4.74 Å². The van der Waals surface area contributed by atoms with Crippen molar-refractivity contribution in [3.8, 4) is 0 Å². The van der Waals surface area contributed by atoms with Crippen LogP contribution in [0.5, 0.6) is 0 Å². The molecule has 0 unspecified atom stereocenters. The van der Waals surface area contributed by atoms with Crippen LogP contribution in [0.15, 0.2) is 18.3 Å². The lowest BCUT2D eigenvalue weighted by Gasteiger charge is -2.21. The summed E-state index contributed by atoms with van der Waals surface area (Å²) in [4.78, 5) is 15.7. The van der Waals surface area contributed by atoms with Crippen molar-refractivity contribution in [2.24, 2.45) is 5.41 Å². The average molecular weight is 236 g/mol. The van der Waals surface area contributed by atoms with Gasteiger partial charge in [-0.15, -0.1) is 0 Å². The number of nitrogens with one attached hydrogen (secondary N) is 1. The fourth-order valence-corrected chi connectivity index (χ4v) is 1.45. The monoisotopic (exact) mass is 236 g/mol. The Kier molecular flexibility index (Phi) is 4.63. The van der Waals surface area contributed by atoms with E-state index in [1.807, 2.05) is 39.1 Å². The maximum Gasteiger partial charge on any atom is 0.312 e. The number of rotatable bonds is 5. The summed E-state index contributed by atoms with van der Waals surface area (Å²) in [7, 11) is 1.41. The first kappa shape index (κ1) is 13.6. The molecule has 0 radical (unpaired) electrons. The van der Waals surface area contributed by atoms with Crippen LogP contribution in [0.3, 0.4) is 0 Å². The Bertz CT molecular complexity index is 372. The highest BCUT2D eigenvalue weighted by Gasteiger charge is 2.27. The van der Waals surface area contributed by atoms with Gasteiger partial charge in [-0.05, 0) is 32.4 Å². The maximum absolute atomic E-state index is 11.4. The average Bonchev–Trinajstić information content (AvgIpc) is 2.30. The molecule has 0 fully saturated rings. The lowest BCUT2D eigenvalue weighted by atomic mass is 9.94. The first-order valence-corrected chi connectivity index (χ1v) is 5.66. The molecule has 4 nitrogen and oxygen atoms in total. The fraction of sp³-hybridized carbons (Fsp3) is 0.538. The van der Waals surface area contributed by atoms with Crippen molar-refractivity contribution in [1.29, 1.82) is 0 Å². The van der Waals surface area contributed by atoms with E-state index in [-0.39, 0.29) is 5.97 Å². The minimum atomic E-state index is -0.514. The summed E-state index contributed by atoms with van der Waals surface area (Å²) < 4.78 is 4.74. The Morgan fingerprint density at radius 2 is 2.18 bits per heavy atom. The van der Waals surface area contributed by atoms with Gasteiger partial charge in [-0.3, -0.25) is 9.78 Å². The summed E-state index contributed by atoms with van der Waals surface area (Å²) in [6, 6.07) is 4.00. The van der Waals surface area contributed by atoms with Gasteiger partial charge in [-0.2, -0.15) is 0 Å². The van der Waals surface area contributed by atoms with E-state index in [0.717, 1.165) is 11.3 Å². The molecule has 0 bridgehead atoms. The van der Waals surface area contributed by atoms with Crippen LogP contribution < -0.4 is 5.32 Å². The molecule has 1 aromatic heterocycles. The molecule has 1 rings (SSSR count). The number of nitrogens with zero attached hydrogens (tertiary/aromatic N) is 1. The van der Waals surface area contributed by atoms with Gasteiger partial charge >= 0.3 is 5.97 Å². The van der Waals surface area contributed by atoms with Crippen molar-refractivity contribution in [2.75, 3.05) is 13.7 Å². The van der Waals surface area contributed by atoms with Gasteiger partial charge in [0, 0.05) is 19.3 Å². The maximum atomic E-state index is 11.4. The van der Waals surface area contributed by atoms with Gasteiger partial charge in [-0.1, -0.05) is 6.07 Å². The summed E-state index contributed by atoms with van der Waals surface area (Å²) in [5, 5.41) is 3.21. The lowest BCUT2D eigenvalue weighted by Crippen LogP contribution is -2.36. The van der Waals surface area contributed by atoms with Crippen molar-refractivity contribution in [3.63, 3.8) is 0 Å². The van der Waals surface area contributed by atoms with Gasteiger partial charge < -0.3 is 10.1 Å². The summed E-state index contributed by atoms with van der Waals surface area (Å²) in [5.74, 6) is -0.207. The van der Waals surface area contributed by atoms with Crippen LogP contribution in [0.4, 0.5) is 0 Å². The normalized spacial score (nSPS) is 11.3. The van der Waals surface area contributed by atoms with Crippen LogP contribution in [0.2, 0.25) is 0 Å². The molecule has 1 heterocycles. The third-order valence-electron chi connectivity index (χ3n) is 2.58. The molecule has 0 aromatic carbocycles. The Hall–Kier alpha value is -1.42. The highest BCUT2D eigenvalue weighted by molar-refractivity contribution is 5.76. The largest absolute Gasteiger partial charge is 0.469 e. The predicted molar refractivity (Wildman–Crippen MR) is 66.5 cm³/mol. The van der Waals surface area contributed by atoms with Crippen molar-refractivity contribution in [1.82, 2.24) is 10.3 Å². The number of carbonyl (C=O) groups is 1. The number of esters is 1. The number of pyridine rings is 1. The third-order valence-corrected chi connectivity index (χ3v) is 2.58. The van der Waals surface area contributed by atoms with E-state index in [1.165, 1.54) is 7.11 Å². The van der Waals surface area contributed by atoms with E-state index >= 15 is 0 Å². The number of aryl methyl sites for hydroxylation is 1. The quantitative estimate of drug-likeness (QED) is 0.790. The molecule has 0 spiro atoms. The van der Waals surface area contributed by atoms with Crippen molar-refractivity contribution >= 4 is 5.97 Å². The van der Waals surface area contributed by atoms with Crippen LogP contribution in [0, 0.1) is 12.3 Å². The highest BCUT2D eigenvalue weighted by Crippen LogP contribution is 2.15. The van der Waals surface area contributed by atoms with Gasteiger partial charge in [-0.25, -0.2) is 0 Å². The van der Waals surface area contributed by atoms with Gasteiger partial charge in [0.1, 0.15) is 0 Å². The first-order chi connectivity index (χ1) is 7.95. The standard InChI is InChI=1S/C13H20N2O2/c1-10-5-6-11(15-7-10)8-14-9-13(2,3)12(16)17-4/h5-7,14H,8-9H2,1-4H3. The Balaban J connectivity index is 2.42. The minimum absolute atomic E-state index is 0.207. The highest BCUT2D eigenvalue weighted by atomic mass is 16.5. The van der Waals surface area contributed by atoms with Crippen LogP contribution in [-0.4, -0.2) is 24.6 Å². The number of hydrogen-bond acceptors (Lipinski definition) is 4. The topological polar surface area (TPSA) is 51.2 Å². The summed E-state index contributed by atoms with van der Waals surface area (Å²) in [6.45, 7) is 6.93. The third kappa shape index (κ3) is 4.15. The zero-order valence-electron chi connectivity index (χ0n) is 10.9. The SMILES string of the molecule is COC(=O)C(C)(C)CNCc1ccc(C)cn1. The van der Waals surface area contributed by atoms with Crippen molar-refractivity contribution in [3.05, 3.63) is 29.6 Å². The van der Waals surface area contributed by atoms with Crippen molar-refractivity contribution in [2.45, 2.75) is 27.3 Å². The molecule has 0 saturated heterocycles. The molecule has 0 aliphatic rings. The molecule has 1 aromatic rings. The molecule has 94 valence electrons. The summed E-state index contributed by atoms with van der Waals surface area (Å²) in [5.41, 5.74) is 1.60. The fourth-order valence-electron chi connectivity index (χ4n) is 1.45. The van der Waals surface area contributed by atoms with Gasteiger partial charge in [0.05, 0.1) is 18.2 Å². The summed E-state index contributed by atoms with van der Waals surface area (Å²) >= 11 is 0. The Labute approximate surface area is 102 Å². The Morgan fingerprint density at radius 3 is 2.71 bits per heavy atom. The van der Waals surface area contributed by atoms with Crippen LogP contribution in [0.25, 0.3) is 0 Å². The second kappa shape index (κ2) is 5.77. The second-order valence-corrected chi connectivity index (χ2v) is 4.81. The second-order valence-electron chi connectivity index (χ2n) is 4.81. The van der Waals surface area contributed by atoms with E-state index in [0.29, 0.717) is 13.1 Å². The van der Waals surface area contributed by atoms with Gasteiger partial charge in [0.15, 0.2) is 0 Å².